The van der Waals surface area contributed by atoms with Crippen LogP contribution in [0.15, 0.2) is 100 Å². The molecule has 6 heteroatoms. The second-order valence-electron chi connectivity index (χ2n) is 7.33. The molecule has 4 aromatic carbocycles. The van der Waals surface area contributed by atoms with Crippen LogP contribution in [-0.2, 0) is 10.0 Å². The highest BCUT2D eigenvalue weighted by Gasteiger charge is 2.37. The van der Waals surface area contributed by atoms with Gasteiger partial charge in [0, 0.05) is 10.2 Å². The standard InChI is InChI=1S/C24H19BrN2O2S/c25-17-12-14-18(15-13-17)26-23-20-10-4-6-16-7-5-11-21(22(16)20)24(23)27-30(28,29)19-8-2-1-3-9-19/h1-15,23-24,26-27H. The molecule has 5 rings (SSSR count). The van der Waals surface area contributed by atoms with E-state index in [0.717, 1.165) is 32.1 Å². The molecular formula is C24H19BrN2O2S. The van der Waals surface area contributed by atoms with Crippen molar-refractivity contribution in [2.45, 2.75) is 17.0 Å². The van der Waals surface area contributed by atoms with E-state index in [4.69, 9.17) is 0 Å². The van der Waals surface area contributed by atoms with Gasteiger partial charge in [-0.3, -0.25) is 0 Å². The lowest BCUT2D eigenvalue weighted by Gasteiger charge is -2.25. The maximum Gasteiger partial charge on any atom is 0.241 e. The summed E-state index contributed by atoms with van der Waals surface area (Å²) in [6.45, 7) is 0. The molecule has 0 spiro atoms. The molecule has 0 aromatic heterocycles. The summed E-state index contributed by atoms with van der Waals surface area (Å²) in [6.07, 6.45) is 0. The lowest BCUT2D eigenvalue weighted by molar-refractivity contribution is 0.534. The summed E-state index contributed by atoms with van der Waals surface area (Å²) in [5.41, 5.74) is 3.00. The lowest BCUT2D eigenvalue weighted by Crippen LogP contribution is -2.33. The van der Waals surface area contributed by atoms with Crippen molar-refractivity contribution in [2.75, 3.05) is 5.32 Å². The zero-order valence-corrected chi connectivity index (χ0v) is 18.3. The van der Waals surface area contributed by atoms with Crippen molar-refractivity contribution in [3.8, 4) is 0 Å². The van der Waals surface area contributed by atoms with Crippen LogP contribution < -0.4 is 10.0 Å². The van der Waals surface area contributed by atoms with Gasteiger partial charge in [-0.05, 0) is 58.3 Å². The first-order valence-corrected chi connectivity index (χ1v) is 11.9. The molecule has 2 N–H and O–H groups in total. The number of sulfonamides is 1. The van der Waals surface area contributed by atoms with E-state index in [1.165, 1.54) is 0 Å². The van der Waals surface area contributed by atoms with Crippen molar-refractivity contribution in [1.82, 2.24) is 4.72 Å². The van der Waals surface area contributed by atoms with Gasteiger partial charge in [-0.25, -0.2) is 13.1 Å². The monoisotopic (exact) mass is 478 g/mol. The summed E-state index contributed by atoms with van der Waals surface area (Å²) in [5, 5.41) is 5.76. The Balaban J connectivity index is 1.60. The molecule has 0 bridgehead atoms. The molecule has 1 aliphatic carbocycles. The second-order valence-corrected chi connectivity index (χ2v) is 9.96. The minimum atomic E-state index is -3.69. The van der Waals surface area contributed by atoms with Crippen LogP contribution in [0.2, 0.25) is 0 Å². The fraction of sp³-hybridized carbons (Fsp3) is 0.0833. The summed E-state index contributed by atoms with van der Waals surface area (Å²) in [7, 11) is -3.69. The normalized spacial score (nSPS) is 17.9. The molecule has 2 atom stereocenters. The molecule has 0 saturated carbocycles. The third-order valence-corrected chi connectivity index (χ3v) is 7.46. The van der Waals surface area contributed by atoms with Gasteiger partial charge in [-0.15, -0.1) is 0 Å². The summed E-state index contributed by atoms with van der Waals surface area (Å²) in [4.78, 5) is 0.260. The molecular weight excluding hydrogens is 460 g/mol. The van der Waals surface area contributed by atoms with Crippen molar-refractivity contribution in [1.29, 1.82) is 0 Å². The Labute approximate surface area is 184 Å². The molecule has 30 heavy (non-hydrogen) atoms. The molecule has 0 aliphatic heterocycles. The number of benzene rings is 4. The number of hydrogen-bond donors (Lipinski definition) is 2. The summed E-state index contributed by atoms with van der Waals surface area (Å²) >= 11 is 3.46. The molecule has 0 radical (unpaired) electrons. The SMILES string of the molecule is O=S(=O)(NC1c2cccc3cccc(c23)C1Nc1ccc(Br)cc1)c1ccccc1. The zero-order chi connectivity index (χ0) is 20.7. The lowest BCUT2D eigenvalue weighted by atomic mass is 10.0. The maximum atomic E-state index is 13.2. The van der Waals surface area contributed by atoms with Crippen molar-refractivity contribution in [3.05, 3.63) is 107 Å². The van der Waals surface area contributed by atoms with E-state index in [1.54, 1.807) is 24.3 Å². The molecule has 0 heterocycles. The van der Waals surface area contributed by atoms with Crippen LogP contribution in [0, 0.1) is 0 Å². The Morgan fingerprint density at radius 2 is 1.33 bits per heavy atom. The number of nitrogens with one attached hydrogen (secondary N) is 2. The topological polar surface area (TPSA) is 58.2 Å². The Morgan fingerprint density at radius 1 is 0.700 bits per heavy atom. The van der Waals surface area contributed by atoms with Gasteiger partial charge in [0.2, 0.25) is 10.0 Å². The van der Waals surface area contributed by atoms with Crippen LogP contribution in [0.1, 0.15) is 23.2 Å². The molecule has 0 amide bonds. The van der Waals surface area contributed by atoms with Gasteiger partial charge >= 0.3 is 0 Å². The predicted octanol–water partition coefficient (Wildman–Crippen LogP) is 5.79. The van der Waals surface area contributed by atoms with E-state index in [0.29, 0.717) is 0 Å². The largest absolute Gasteiger partial charge is 0.376 e. The Hall–Kier alpha value is -2.67. The minimum Gasteiger partial charge on any atom is -0.376 e. The molecule has 150 valence electrons. The summed E-state index contributed by atoms with van der Waals surface area (Å²) in [5.74, 6) is 0. The van der Waals surface area contributed by atoms with Crippen LogP contribution >= 0.6 is 15.9 Å². The first-order chi connectivity index (χ1) is 14.5. The van der Waals surface area contributed by atoms with Gasteiger partial charge < -0.3 is 5.32 Å². The van der Waals surface area contributed by atoms with Crippen LogP contribution in [-0.4, -0.2) is 8.42 Å². The van der Waals surface area contributed by atoms with E-state index in [-0.39, 0.29) is 10.9 Å². The molecule has 0 saturated heterocycles. The number of halogens is 1. The van der Waals surface area contributed by atoms with Crippen LogP contribution in [0.5, 0.6) is 0 Å². The van der Waals surface area contributed by atoms with Gasteiger partial charge in [0.1, 0.15) is 0 Å². The molecule has 1 aliphatic rings. The van der Waals surface area contributed by atoms with Crippen molar-refractivity contribution >= 4 is 42.4 Å². The van der Waals surface area contributed by atoms with E-state index in [9.17, 15) is 8.42 Å². The van der Waals surface area contributed by atoms with Crippen LogP contribution in [0.25, 0.3) is 10.8 Å². The van der Waals surface area contributed by atoms with Crippen LogP contribution in [0.3, 0.4) is 0 Å². The molecule has 4 nitrogen and oxygen atoms in total. The predicted molar refractivity (Wildman–Crippen MR) is 124 cm³/mol. The van der Waals surface area contributed by atoms with Gasteiger partial charge in [-0.1, -0.05) is 70.5 Å². The highest BCUT2D eigenvalue weighted by Crippen LogP contribution is 2.46. The Kier molecular flexibility index (Phi) is 4.85. The third kappa shape index (κ3) is 3.41. The van der Waals surface area contributed by atoms with Crippen molar-refractivity contribution < 1.29 is 8.42 Å². The highest BCUT2D eigenvalue weighted by molar-refractivity contribution is 9.10. The minimum absolute atomic E-state index is 0.231. The average Bonchev–Trinajstić information content (AvgIpc) is 3.05. The summed E-state index contributed by atoms with van der Waals surface area (Å²) in [6, 6.07) is 27.9. The third-order valence-electron chi connectivity index (χ3n) is 5.47. The Morgan fingerprint density at radius 3 is 2.00 bits per heavy atom. The molecule has 4 aromatic rings. The average molecular weight is 479 g/mol. The Bertz CT molecular complexity index is 1320. The maximum absolute atomic E-state index is 13.2. The molecule has 2 unspecified atom stereocenters. The van der Waals surface area contributed by atoms with E-state index in [2.05, 4.69) is 44.2 Å². The van der Waals surface area contributed by atoms with Crippen molar-refractivity contribution in [3.63, 3.8) is 0 Å². The van der Waals surface area contributed by atoms with Crippen LogP contribution in [0.4, 0.5) is 5.69 Å². The quantitative estimate of drug-likeness (QED) is 0.381. The fourth-order valence-electron chi connectivity index (χ4n) is 4.13. The van der Waals surface area contributed by atoms with Gasteiger partial charge in [0.25, 0.3) is 0 Å². The molecule has 0 fully saturated rings. The van der Waals surface area contributed by atoms with Gasteiger partial charge in [0.15, 0.2) is 0 Å². The van der Waals surface area contributed by atoms with E-state index < -0.39 is 16.1 Å². The smallest absolute Gasteiger partial charge is 0.241 e. The van der Waals surface area contributed by atoms with E-state index >= 15 is 0 Å². The summed E-state index contributed by atoms with van der Waals surface area (Å²) < 4.78 is 30.3. The zero-order valence-electron chi connectivity index (χ0n) is 15.9. The first kappa shape index (κ1) is 19.3. The van der Waals surface area contributed by atoms with Gasteiger partial charge in [-0.2, -0.15) is 0 Å². The highest BCUT2D eigenvalue weighted by atomic mass is 79.9. The number of hydrogen-bond acceptors (Lipinski definition) is 3. The number of anilines is 1. The number of rotatable bonds is 5. The van der Waals surface area contributed by atoms with E-state index in [1.807, 2.05) is 48.5 Å². The first-order valence-electron chi connectivity index (χ1n) is 9.64. The fourth-order valence-corrected chi connectivity index (χ4v) is 5.64. The second kappa shape index (κ2) is 7.54. The van der Waals surface area contributed by atoms with Crippen molar-refractivity contribution in [2.24, 2.45) is 0 Å². The van der Waals surface area contributed by atoms with Gasteiger partial charge in [0.05, 0.1) is 17.0 Å².